The van der Waals surface area contributed by atoms with E-state index in [0.717, 1.165) is 54.4 Å². The third-order valence-electron chi connectivity index (χ3n) is 5.39. The van der Waals surface area contributed by atoms with E-state index in [1.54, 1.807) is 12.1 Å². The van der Waals surface area contributed by atoms with Crippen LogP contribution in [-0.2, 0) is 6.54 Å². The summed E-state index contributed by atoms with van der Waals surface area (Å²) in [5.41, 5.74) is 3.83. The molecule has 1 aromatic heterocycles. The van der Waals surface area contributed by atoms with E-state index in [9.17, 15) is 9.90 Å². The van der Waals surface area contributed by atoms with Crippen molar-refractivity contribution in [2.45, 2.75) is 13.0 Å². The Morgan fingerprint density at radius 1 is 0.885 bits per heavy atom. The van der Waals surface area contributed by atoms with Crippen molar-refractivity contribution in [3.63, 3.8) is 0 Å². The number of ketones is 1. The van der Waals surface area contributed by atoms with Crippen molar-refractivity contribution in [2.24, 2.45) is 0 Å². The molecule has 2 aromatic carbocycles. The van der Waals surface area contributed by atoms with Crippen molar-refractivity contribution < 1.29 is 9.90 Å². The number of aromatic hydroxyl groups is 1. The molecule has 0 unspecified atom stereocenters. The Morgan fingerprint density at radius 2 is 1.62 bits per heavy atom. The number of carbonyl (C=O) groups excluding carboxylic acids is 1. The van der Waals surface area contributed by atoms with Crippen molar-refractivity contribution in [3.05, 3.63) is 48.0 Å². The molecule has 2 aliphatic rings. The molecule has 1 N–H and O–H groups in total. The Labute approximate surface area is 151 Å². The van der Waals surface area contributed by atoms with E-state index in [2.05, 4.69) is 14.4 Å². The molecule has 6 nitrogen and oxygen atoms in total. The molecular formula is C20H20N4O2. The van der Waals surface area contributed by atoms with Gasteiger partial charge in [-0.25, -0.2) is 4.98 Å². The van der Waals surface area contributed by atoms with Crippen LogP contribution in [0.3, 0.4) is 0 Å². The van der Waals surface area contributed by atoms with E-state index in [0.29, 0.717) is 18.7 Å². The molecule has 0 atom stereocenters. The molecule has 1 saturated heterocycles. The Bertz CT molecular complexity index is 985. The highest BCUT2D eigenvalue weighted by Gasteiger charge is 2.27. The molecule has 1 fully saturated rings. The first-order valence-electron chi connectivity index (χ1n) is 9.02. The lowest BCUT2D eigenvalue weighted by atomic mass is 10.0. The number of aryl methyl sites for hydroxylation is 1. The number of hydrogen-bond donors (Lipinski definition) is 1. The molecule has 5 rings (SSSR count). The van der Waals surface area contributed by atoms with Crippen LogP contribution in [0.4, 0.5) is 11.6 Å². The summed E-state index contributed by atoms with van der Waals surface area (Å²) in [5, 5.41) is 9.46. The van der Waals surface area contributed by atoms with Crippen LogP contribution in [-0.4, -0.2) is 46.6 Å². The van der Waals surface area contributed by atoms with Crippen LogP contribution < -0.4 is 9.80 Å². The predicted octanol–water partition coefficient (Wildman–Crippen LogP) is 2.65. The van der Waals surface area contributed by atoms with Gasteiger partial charge in [-0.1, -0.05) is 6.07 Å². The lowest BCUT2D eigenvalue weighted by molar-refractivity contribution is 0.0973. The van der Waals surface area contributed by atoms with Gasteiger partial charge in [0, 0.05) is 50.4 Å². The van der Waals surface area contributed by atoms with Crippen molar-refractivity contribution in [3.8, 4) is 5.75 Å². The van der Waals surface area contributed by atoms with Crippen molar-refractivity contribution >= 4 is 28.5 Å². The Hall–Kier alpha value is -3.02. The van der Waals surface area contributed by atoms with E-state index in [4.69, 9.17) is 4.98 Å². The normalized spacial score (nSPS) is 17.2. The fourth-order valence-electron chi connectivity index (χ4n) is 4.03. The molecular weight excluding hydrogens is 328 g/mol. The smallest absolute Gasteiger partial charge is 0.206 e. The lowest BCUT2D eigenvalue weighted by Crippen LogP contribution is -2.47. The number of piperazine rings is 1. The summed E-state index contributed by atoms with van der Waals surface area (Å²) in [5.74, 6) is 1.48. The average molecular weight is 348 g/mol. The highest BCUT2D eigenvalue weighted by molar-refractivity contribution is 6.08. The molecule has 0 radical (unpaired) electrons. The van der Waals surface area contributed by atoms with Gasteiger partial charge in [0.15, 0.2) is 5.78 Å². The van der Waals surface area contributed by atoms with Gasteiger partial charge in [-0.2, -0.15) is 0 Å². The summed E-state index contributed by atoms with van der Waals surface area (Å²) in [4.78, 5) is 21.7. The minimum atomic E-state index is 0.215. The van der Waals surface area contributed by atoms with Gasteiger partial charge >= 0.3 is 0 Å². The second-order valence-corrected chi connectivity index (χ2v) is 6.90. The van der Waals surface area contributed by atoms with Gasteiger partial charge in [0.2, 0.25) is 5.95 Å². The monoisotopic (exact) mass is 348 g/mol. The molecule has 132 valence electrons. The van der Waals surface area contributed by atoms with Crippen LogP contribution in [0.15, 0.2) is 42.5 Å². The first-order valence-corrected chi connectivity index (χ1v) is 9.02. The van der Waals surface area contributed by atoms with Gasteiger partial charge in [0.25, 0.3) is 0 Å². The molecule has 3 heterocycles. The molecule has 0 bridgehead atoms. The maximum Gasteiger partial charge on any atom is 0.206 e. The Kier molecular flexibility index (Phi) is 3.38. The molecule has 2 aliphatic heterocycles. The summed E-state index contributed by atoms with van der Waals surface area (Å²) in [7, 11) is 0. The number of rotatable bonds is 2. The molecule has 0 spiro atoms. The number of para-hydroxylation sites is 1. The van der Waals surface area contributed by atoms with Gasteiger partial charge in [-0.15, -0.1) is 0 Å². The number of aromatic nitrogens is 2. The zero-order chi connectivity index (χ0) is 17.7. The van der Waals surface area contributed by atoms with Crippen LogP contribution in [0.2, 0.25) is 0 Å². The highest BCUT2D eigenvalue weighted by Crippen LogP contribution is 2.31. The Morgan fingerprint density at radius 3 is 2.38 bits per heavy atom. The van der Waals surface area contributed by atoms with Crippen molar-refractivity contribution in [1.82, 2.24) is 9.55 Å². The van der Waals surface area contributed by atoms with Crippen LogP contribution in [0.25, 0.3) is 11.0 Å². The zero-order valence-corrected chi connectivity index (χ0v) is 14.4. The standard InChI is InChI=1S/C20H20N4O2/c25-15-6-4-14(5-7-15)22-10-12-23(13-11-22)20-21-17-3-1-2-16-18(26)8-9-24(20)19(16)17/h1-7,25H,8-13H2. The van der Waals surface area contributed by atoms with Crippen molar-refractivity contribution in [2.75, 3.05) is 36.0 Å². The summed E-state index contributed by atoms with van der Waals surface area (Å²) in [6, 6.07) is 13.2. The molecule has 0 saturated carbocycles. The number of anilines is 2. The fourth-order valence-corrected chi connectivity index (χ4v) is 4.03. The summed E-state index contributed by atoms with van der Waals surface area (Å²) >= 11 is 0. The van der Waals surface area contributed by atoms with Gasteiger partial charge in [0.05, 0.1) is 11.0 Å². The van der Waals surface area contributed by atoms with Crippen molar-refractivity contribution in [1.29, 1.82) is 0 Å². The molecule has 0 aliphatic carbocycles. The number of phenolic OH excluding ortho intramolecular Hbond substituents is 1. The number of carbonyl (C=O) groups is 1. The van der Waals surface area contributed by atoms with Gasteiger partial charge in [-0.05, 0) is 36.4 Å². The minimum absolute atomic E-state index is 0.215. The van der Waals surface area contributed by atoms with E-state index < -0.39 is 0 Å². The number of phenols is 1. The lowest BCUT2D eigenvalue weighted by Gasteiger charge is -2.37. The largest absolute Gasteiger partial charge is 0.508 e. The first kappa shape index (κ1) is 15.3. The maximum atomic E-state index is 12.2. The second-order valence-electron chi connectivity index (χ2n) is 6.90. The number of Topliss-reactive ketones (excluding diaryl/α,β-unsaturated/α-hetero) is 1. The number of hydrogen-bond acceptors (Lipinski definition) is 5. The third-order valence-corrected chi connectivity index (χ3v) is 5.39. The molecule has 26 heavy (non-hydrogen) atoms. The zero-order valence-electron chi connectivity index (χ0n) is 14.4. The average Bonchev–Trinajstić information content (AvgIpc) is 3.05. The summed E-state index contributed by atoms with van der Waals surface area (Å²) in [6.07, 6.45) is 0.545. The number of nitrogens with zero attached hydrogens (tertiary/aromatic N) is 4. The van der Waals surface area contributed by atoms with Crippen LogP contribution >= 0.6 is 0 Å². The Balaban J connectivity index is 1.42. The van der Waals surface area contributed by atoms with E-state index in [1.165, 1.54) is 0 Å². The summed E-state index contributed by atoms with van der Waals surface area (Å²) < 4.78 is 2.21. The van der Waals surface area contributed by atoms with Gasteiger partial charge < -0.3 is 19.5 Å². The van der Waals surface area contributed by atoms with E-state index in [1.807, 2.05) is 30.3 Å². The first-order chi connectivity index (χ1) is 12.7. The molecule has 0 amide bonds. The predicted molar refractivity (Wildman–Crippen MR) is 101 cm³/mol. The van der Waals surface area contributed by atoms with Gasteiger partial charge in [-0.3, -0.25) is 4.79 Å². The number of imidazole rings is 1. The second kappa shape index (κ2) is 5.76. The van der Waals surface area contributed by atoms with Gasteiger partial charge in [0.1, 0.15) is 5.75 Å². The molecule has 6 heteroatoms. The topological polar surface area (TPSA) is 61.6 Å². The maximum absolute atomic E-state index is 12.2. The quantitative estimate of drug-likeness (QED) is 0.771. The molecule has 3 aromatic rings. The SMILES string of the molecule is O=C1CCn2c(N3CCN(c4ccc(O)cc4)CC3)nc3cccc1c32. The van der Waals surface area contributed by atoms with E-state index >= 15 is 0 Å². The number of benzene rings is 2. The minimum Gasteiger partial charge on any atom is -0.508 e. The fraction of sp³-hybridized carbons (Fsp3) is 0.300. The highest BCUT2D eigenvalue weighted by atomic mass is 16.3. The summed E-state index contributed by atoms with van der Waals surface area (Å²) in [6.45, 7) is 4.28. The van der Waals surface area contributed by atoms with Crippen LogP contribution in [0, 0.1) is 0 Å². The van der Waals surface area contributed by atoms with Crippen LogP contribution in [0.1, 0.15) is 16.8 Å². The third kappa shape index (κ3) is 2.33. The van der Waals surface area contributed by atoms with Crippen LogP contribution in [0.5, 0.6) is 5.75 Å². The van der Waals surface area contributed by atoms with E-state index in [-0.39, 0.29) is 5.78 Å².